The fourth-order valence-electron chi connectivity index (χ4n) is 3.44. The quantitative estimate of drug-likeness (QED) is 0.657. The normalized spacial score (nSPS) is 15.4. The molecule has 3 aromatic rings. The standard InChI is InChI=1S/C23H24N4O3/c1-17-23(29)27(20-5-2-3-6-21(20)30-17)14-11-22(28)24-15-18-7-9-19(10-8-18)16-26-13-4-12-25-26/h2-10,12-13,17H,11,14-16H2,1H3,(H,24,28). The Balaban J connectivity index is 1.28. The van der Waals surface area contributed by atoms with Gasteiger partial charge in [-0.15, -0.1) is 0 Å². The average Bonchev–Trinajstić information content (AvgIpc) is 3.27. The Morgan fingerprint density at radius 3 is 2.63 bits per heavy atom. The lowest BCUT2D eigenvalue weighted by Gasteiger charge is -2.32. The zero-order valence-electron chi connectivity index (χ0n) is 16.8. The predicted molar refractivity (Wildman–Crippen MR) is 113 cm³/mol. The van der Waals surface area contributed by atoms with Crippen molar-refractivity contribution in [3.8, 4) is 5.75 Å². The molecule has 30 heavy (non-hydrogen) atoms. The maximum Gasteiger partial charge on any atom is 0.267 e. The number of hydrogen-bond acceptors (Lipinski definition) is 4. The van der Waals surface area contributed by atoms with Crippen LogP contribution in [0.1, 0.15) is 24.5 Å². The van der Waals surface area contributed by atoms with Gasteiger partial charge in [-0.05, 0) is 36.2 Å². The maximum atomic E-state index is 12.5. The number of carbonyl (C=O) groups is 2. The molecule has 0 saturated heterocycles. The van der Waals surface area contributed by atoms with E-state index in [1.807, 2.05) is 65.5 Å². The summed E-state index contributed by atoms with van der Waals surface area (Å²) in [5, 5.41) is 7.13. The summed E-state index contributed by atoms with van der Waals surface area (Å²) in [6.07, 6.45) is 3.35. The van der Waals surface area contributed by atoms with Gasteiger partial charge in [0.1, 0.15) is 5.75 Å². The zero-order valence-corrected chi connectivity index (χ0v) is 16.8. The molecule has 0 spiro atoms. The van der Waals surface area contributed by atoms with Crippen LogP contribution in [0.2, 0.25) is 0 Å². The van der Waals surface area contributed by atoms with Crippen LogP contribution >= 0.6 is 0 Å². The highest BCUT2D eigenvalue weighted by molar-refractivity contribution is 6.00. The molecule has 0 bridgehead atoms. The number of rotatable bonds is 7. The van der Waals surface area contributed by atoms with Gasteiger partial charge in [0.2, 0.25) is 5.91 Å². The van der Waals surface area contributed by atoms with E-state index in [1.54, 1.807) is 18.0 Å². The van der Waals surface area contributed by atoms with Crippen LogP contribution in [0.15, 0.2) is 67.0 Å². The first-order valence-corrected chi connectivity index (χ1v) is 9.99. The van der Waals surface area contributed by atoms with E-state index >= 15 is 0 Å². The number of benzene rings is 2. The molecular formula is C23H24N4O3. The molecule has 1 unspecified atom stereocenters. The average molecular weight is 404 g/mol. The SMILES string of the molecule is CC1Oc2ccccc2N(CCC(=O)NCc2ccc(Cn3cccn3)cc2)C1=O. The molecule has 7 nitrogen and oxygen atoms in total. The first-order valence-electron chi connectivity index (χ1n) is 9.99. The van der Waals surface area contributed by atoms with E-state index in [1.165, 1.54) is 0 Å². The molecule has 2 heterocycles. The number of nitrogens with one attached hydrogen (secondary N) is 1. The van der Waals surface area contributed by atoms with Gasteiger partial charge in [0.05, 0.1) is 12.2 Å². The highest BCUT2D eigenvalue weighted by Gasteiger charge is 2.31. The van der Waals surface area contributed by atoms with Gasteiger partial charge in [0, 0.05) is 31.9 Å². The van der Waals surface area contributed by atoms with Gasteiger partial charge in [0.15, 0.2) is 6.10 Å². The maximum absolute atomic E-state index is 12.5. The molecule has 0 fully saturated rings. The van der Waals surface area contributed by atoms with Gasteiger partial charge in [-0.2, -0.15) is 5.10 Å². The predicted octanol–water partition coefficient (Wildman–Crippen LogP) is 2.75. The largest absolute Gasteiger partial charge is 0.479 e. The summed E-state index contributed by atoms with van der Waals surface area (Å²) in [5.74, 6) is 0.439. The minimum absolute atomic E-state index is 0.0972. The van der Waals surface area contributed by atoms with Crippen molar-refractivity contribution in [3.05, 3.63) is 78.1 Å². The van der Waals surface area contributed by atoms with E-state index in [-0.39, 0.29) is 18.2 Å². The summed E-state index contributed by atoms with van der Waals surface area (Å²) in [7, 11) is 0. The van der Waals surface area contributed by atoms with Crippen LogP contribution in [-0.2, 0) is 22.7 Å². The van der Waals surface area contributed by atoms with Crippen molar-refractivity contribution in [2.75, 3.05) is 11.4 Å². The Bertz CT molecular complexity index is 1020. The molecule has 0 saturated carbocycles. The van der Waals surface area contributed by atoms with Crippen LogP contribution in [0, 0.1) is 0 Å². The number of para-hydroxylation sites is 2. The second-order valence-corrected chi connectivity index (χ2v) is 7.26. The lowest BCUT2D eigenvalue weighted by atomic mass is 10.1. The Morgan fingerprint density at radius 2 is 1.87 bits per heavy atom. The number of amides is 2. The van der Waals surface area contributed by atoms with Gasteiger partial charge in [-0.25, -0.2) is 0 Å². The molecular weight excluding hydrogens is 380 g/mol. The second kappa shape index (κ2) is 8.82. The van der Waals surface area contributed by atoms with Crippen molar-refractivity contribution in [1.29, 1.82) is 0 Å². The summed E-state index contributed by atoms with van der Waals surface area (Å²) >= 11 is 0. The van der Waals surface area contributed by atoms with Crippen LogP contribution in [0.3, 0.4) is 0 Å². The fourth-order valence-corrected chi connectivity index (χ4v) is 3.44. The molecule has 7 heteroatoms. The summed E-state index contributed by atoms with van der Waals surface area (Å²) in [6.45, 7) is 3.21. The van der Waals surface area contributed by atoms with Gasteiger partial charge in [-0.1, -0.05) is 36.4 Å². The first kappa shape index (κ1) is 19.7. The van der Waals surface area contributed by atoms with Crippen LogP contribution in [-0.4, -0.2) is 34.2 Å². The Labute approximate surface area is 175 Å². The van der Waals surface area contributed by atoms with Crippen molar-refractivity contribution < 1.29 is 14.3 Å². The minimum Gasteiger partial charge on any atom is -0.479 e. The Morgan fingerprint density at radius 1 is 1.10 bits per heavy atom. The van der Waals surface area contributed by atoms with E-state index in [4.69, 9.17) is 4.74 Å². The number of carbonyl (C=O) groups excluding carboxylic acids is 2. The topological polar surface area (TPSA) is 76.5 Å². The number of nitrogens with zero attached hydrogens (tertiary/aromatic N) is 3. The van der Waals surface area contributed by atoms with E-state index in [9.17, 15) is 9.59 Å². The van der Waals surface area contributed by atoms with Gasteiger partial charge in [0.25, 0.3) is 5.91 Å². The van der Waals surface area contributed by atoms with Crippen LogP contribution < -0.4 is 15.0 Å². The van der Waals surface area contributed by atoms with Crippen LogP contribution in [0.4, 0.5) is 5.69 Å². The van der Waals surface area contributed by atoms with E-state index < -0.39 is 6.10 Å². The molecule has 0 radical (unpaired) electrons. The molecule has 1 N–H and O–H groups in total. The molecule has 1 aliphatic rings. The third-order valence-electron chi connectivity index (χ3n) is 5.05. The monoisotopic (exact) mass is 404 g/mol. The minimum atomic E-state index is -0.553. The molecule has 4 rings (SSSR count). The van der Waals surface area contributed by atoms with Crippen molar-refractivity contribution >= 4 is 17.5 Å². The fraction of sp³-hybridized carbons (Fsp3) is 0.261. The summed E-state index contributed by atoms with van der Waals surface area (Å²) in [5.41, 5.74) is 2.88. The Hall–Kier alpha value is -3.61. The molecule has 2 aromatic carbocycles. The van der Waals surface area contributed by atoms with E-state index in [0.717, 1.165) is 11.1 Å². The third-order valence-corrected chi connectivity index (χ3v) is 5.05. The van der Waals surface area contributed by atoms with Crippen molar-refractivity contribution in [2.24, 2.45) is 0 Å². The Kier molecular flexibility index (Phi) is 5.79. The number of anilines is 1. The van der Waals surface area contributed by atoms with Crippen LogP contribution in [0.5, 0.6) is 5.75 Å². The molecule has 1 aromatic heterocycles. The number of hydrogen-bond donors (Lipinski definition) is 1. The van der Waals surface area contributed by atoms with Crippen molar-refractivity contribution in [3.63, 3.8) is 0 Å². The third kappa shape index (κ3) is 4.51. The highest BCUT2D eigenvalue weighted by atomic mass is 16.5. The number of fused-ring (bicyclic) bond motifs is 1. The molecule has 2 amide bonds. The van der Waals surface area contributed by atoms with Gasteiger partial charge >= 0.3 is 0 Å². The lowest BCUT2D eigenvalue weighted by molar-refractivity contribution is -0.125. The molecule has 0 aliphatic carbocycles. The van der Waals surface area contributed by atoms with Crippen LogP contribution in [0.25, 0.3) is 0 Å². The summed E-state index contributed by atoms with van der Waals surface area (Å²) < 4.78 is 7.50. The molecule has 154 valence electrons. The van der Waals surface area contributed by atoms with Gasteiger partial charge < -0.3 is 15.0 Å². The lowest BCUT2D eigenvalue weighted by Crippen LogP contribution is -2.45. The first-order chi connectivity index (χ1) is 14.6. The summed E-state index contributed by atoms with van der Waals surface area (Å²) in [4.78, 5) is 26.5. The van der Waals surface area contributed by atoms with Gasteiger partial charge in [-0.3, -0.25) is 14.3 Å². The van der Waals surface area contributed by atoms with E-state index in [0.29, 0.717) is 31.1 Å². The second-order valence-electron chi connectivity index (χ2n) is 7.26. The smallest absolute Gasteiger partial charge is 0.267 e. The highest BCUT2D eigenvalue weighted by Crippen LogP contribution is 2.33. The molecule has 1 atom stereocenters. The van der Waals surface area contributed by atoms with E-state index in [2.05, 4.69) is 10.4 Å². The zero-order chi connectivity index (χ0) is 20.9. The number of aromatic nitrogens is 2. The van der Waals surface area contributed by atoms with Crippen molar-refractivity contribution in [2.45, 2.75) is 32.5 Å². The summed E-state index contributed by atoms with van der Waals surface area (Å²) in [6, 6.07) is 17.4. The van der Waals surface area contributed by atoms with Crippen molar-refractivity contribution in [1.82, 2.24) is 15.1 Å². The number of ether oxygens (including phenoxy) is 1. The molecule has 1 aliphatic heterocycles.